The summed E-state index contributed by atoms with van der Waals surface area (Å²) >= 11 is 0. The molecule has 0 bridgehead atoms. The molecule has 32 heavy (non-hydrogen) atoms. The Hall–Kier alpha value is -1.85. The summed E-state index contributed by atoms with van der Waals surface area (Å²) in [4.78, 5) is 0. The average Bonchev–Trinajstić information content (AvgIpc) is 2.74. The number of methoxy groups -OCH3 is 1. The molecule has 3 N–H and O–H groups in total. The molecule has 0 fully saturated rings. The van der Waals surface area contributed by atoms with Crippen molar-refractivity contribution >= 4 is 16.6 Å². The molecular formula is C24H38O6Si2. The first-order valence-electron chi connectivity index (χ1n) is 11.2. The van der Waals surface area contributed by atoms with Crippen molar-refractivity contribution < 1.29 is 29.2 Å². The van der Waals surface area contributed by atoms with Crippen molar-refractivity contribution in [3.05, 3.63) is 53.1 Å². The zero-order valence-corrected chi connectivity index (χ0v) is 22.0. The van der Waals surface area contributed by atoms with E-state index in [1.165, 1.54) is 0 Å². The molecule has 0 aliphatic heterocycles. The van der Waals surface area contributed by atoms with Crippen molar-refractivity contribution in [1.29, 1.82) is 0 Å². The normalized spacial score (nSPS) is 12.2. The van der Waals surface area contributed by atoms with Crippen molar-refractivity contribution in [1.82, 2.24) is 0 Å². The van der Waals surface area contributed by atoms with E-state index in [2.05, 4.69) is 26.2 Å². The lowest BCUT2D eigenvalue weighted by molar-refractivity contribution is -0.125. The number of aryl methyl sites for hydroxylation is 2. The van der Waals surface area contributed by atoms with Crippen LogP contribution in [0.2, 0.25) is 38.3 Å². The molecule has 0 aliphatic rings. The standard InChI is InChI=1S/C24H38O6Si2/c1-28-24-17-20(11-13-23(24)27)9-7-15-32(4,5)30-29-31(2,3)14-6-8-19-10-12-22(26)21(16-19)18-25/h10-13,16-17,25-27H,6-9,14-15,18H2,1-5H3. The highest BCUT2D eigenvalue weighted by Crippen LogP contribution is 2.28. The van der Waals surface area contributed by atoms with Gasteiger partial charge in [-0.1, -0.05) is 12.1 Å². The predicted octanol–water partition coefficient (Wildman–Crippen LogP) is 5.52. The lowest BCUT2D eigenvalue weighted by Gasteiger charge is -2.28. The molecule has 0 amide bonds. The van der Waals surface area contributed by atoms with Crippen LogP contribution in [0.25, 0.3) is 0 Å². The molecule has 2 aromatic carbocycles. The summed E-state index contributed by atoms with van der Waals surface area (Å²) in [6, 6.07) is 12.9. The third-order valence-corrected chi connectivity index (χ3v) is 9.89. The van der Waals surface area contributed by atoms with Crippen molar-refractivity contribution in [2.24, 2.45) is 0 Å². The number of aromatic hydroxyl groups is 2. The van der Waals surface area contributed by atoms with Gasteiger partial charge in [0, 0.05) is 5.56 Å². The molecule has 0 saturated heterocycles. The number of hydrogen-bond donors (Lipinski definition) is 3. The van der Waals surface area contributed by atoms with Gasteiger partial charge in [0.2, 0.25) is 16.6 Å². The number of phenols is 2. The van der Waals surface area contributed by atoms with Crippen LogP contribution in [0.1, 0.15) is 29.5 Å². The Labute approximate surface area is 194 Å². The maximum absolute atomic E-state index is 9.73. The van der Waals surface area contributed by atoms with Gasteiger partial charge >= 0.3 is 0 Å². The Morgan fingerprint density at radius 3 is 1.75 bits per heavy atom. The first kappa shape index (κ1) is 26.4. The van der Waals surface area contributed by atoms with E-state index in [0.717, 1.165) is 48.9 Å². The SMILES string of the molecule is COc1cc(CCC[Si](C)(C)OO[Si](C)(C)CCCc2ccc(O)c(CO)c2)ccc1O. The number of hydrogen-bond acceptors (Lipinski definition) is 6. The minimum Gasteiger partial charge on any atom is -0.508 e. The molecule has 0 unspecified atom stereocenters. The lowest BCUT2D eigenvalue weighted by atomic mass is 10.1. The number of phenolic OH excluding ortho intramolecular Hbond substituents is 1. The van der Waals surface area contributed by atoms with Crippen molar-refractivity contribution in [2.45, 2.75) is 70.6 Å². The van der Waals surface area contributed by atoms with Gasteiger partial charge in [-0.2, -0.15) is 0 Å². The molecule has 178 valence electrons. The first-order chi connectivity index (χ1) is 15.0. The number of aliphatic hydroxyl groups excluding tert-OH is 1. The third-order valence-electron chi connectivity index (χ3n) is 5.54. The second-order valence-electron chi connectivity index (χ2n) is 9.52. The van der Waals surface area contributed by atoms with Crippen molar-refractivity contribution in [3.63, 3.8) is 0 Å². The lowest BCUT2D eigenvalue weighted by Crippen LogP contribution is -2.38. The molecule has 0 aliphatic carbocycles. The fraction of sp³-hybridized carbons (Fsp3) is 0.500. The van der Waals surface area contributed by atoms with Gasteiger partial charge in [0.25, 0.3) is 0 Å². The first-order valence-corrected chi connectivity index (χ1v) is 17.4. The Morgan fingerprint density at radius 2 is 1.25 bits per heavy atom. The zero-order chi connectivity index (χ0) is 23.8. The summed E-state index contributed by atoms with van der Waals surface area (Å²) in [6.07, 6.45) is 3.75. The third kappa shape index (κ3) is 8.59. The Balaban J connectivity index is 1.75. The van der Waals surface area contributed by atoms with Crippen LogP contribution in [0, 0.1) is 0 Å². The molecule has 8 heteroatoms. The number of benzene rings is 2. The maximum atomic E-state index is 9.73. The van der Waals surface area contributed by atoms with E-state index < -0.39 is 16.6 Å². The zero-order valence-electron chi connectivity index (χ0n) is 20.0. The van der Waals surface area contributed by atoms with Crippen LogP contribution in [0.15, 0.2) is 36.4 Å². The largest absolute Gasteiger partial charge is 0.508 e. The molecule has 0 atom stereocenters. The van der Waals surface area contributed by atoms with Crippen LogP contribution < -0.4 is 4.74 Å². The number of ether oxygens (including phenoxy) is 1. The quantitative estimate of drug-likeness (QED) is 0.199. The molecule has 0 saturated carbocycles. The van der Waals surface area contributed by atoms with Gasteiger partial charge in [0.05, 0.1) is 13.7 Å². The van der Waals surface area contributed by atoms with E-state index in [0.29, 0.717) is 11.3 Å². The molecule has 0 aromatic heterocycles. The van der Waals surface area contributed by atoms with Crippen LogP contribution in [0.4, 0.5) is 0 Å². The summed E-state index contributed by atoms with van der Waals surface area (Å²) in [6.45, 7) is 8.56. The molecule has 0 spiro atoms. The molecule has 6 nitrogen and oxygen atoms in total. The molecule has 2 aromatic rings. The number of aliphatic hydroxyl groups is 1. The summed E-state index contributed by atoms with van der Waals surface area (Å²) < 4.78 is 17.2. The van der Waals surface area contributed by atoms with Gasteiger partial charge < -0.3 is 20.1 Å². The van der Waals surface area contributed by atoms with Crippen LogP contribution in [0.3, 0.4) is 0 Å². The van der Waals surface area contributed by atoms with Crippen LogP contribution in [-0.4, -0.2) is 39.1 Å². The smallest absolute Gasteiger partial charge is 0.231 e. The Kier molecular flexibility index (Phi) is 9.78. The topological polar surface area (TPSA) is 88.4 Å². The van der Waals surface area contributed by atoms with Crippen molar-refractivity contribution in [2.75, 3.05) is 7.11 Å². The monoisotopic (exact) mass is 478 g/mol. The molecule has 2 rings (SSSR count). The van der Waals surface area contributed by atoms with Crippen LogP contribution >= 0.6 is 0 Å². The van der Waals surface area contributed by atoms with Crippen LogP contribution in [-0.2, 0) is 28.6 Å². The van der Waals surface area contributed by atoms with E-state index in [1.54, 1.807) is 19.2 Å². The van der Waals surface area contributed by atoms with Crippen molar-refractivity contribution in [3.8, 4) is 17.2 Å². The summed E-state index contributed by atoms with van der Waals surface area (Å²) in [7, 11) is -2.34. The van der Waals surface area contributed by atoms with E-state index >= 15 is 0 Å². The van der Waals surface area contributed by atoms with Gasteiger partial charge in [0.1, 0.15) is 5.75 Å². The summed E-state index contributed by atoms with van der Waals surface area (Å²) in [5.41, 5.74) is 2.81. The second kappa shape index (κ2) is 11.9. The Morgan fingerprint density at radius 1 is 0.750 bits per heavy atom. The maximum Gasteiger partial charge on any atom is 0.231 e. The van der Waals surface area contributed by atoms with Gasteiger partial charge in [0.15, 0.2) is 11.5 Å². The highest BCUT2D eigenvalue weighted by atomic mass is 28.4. The molecule has 0 heterocycles. The summed E-state index contributed by atoms with van der Waals surface area (Å²) in [5, 5.41) is 28.7. The number of rotatable bonds is 13. The average molecular weight is 479 g/mol. The van der Waals surface area contributed by atoms with Crippen LogP contribution in [0.5, 0.6) is 17.2 Å². The van der Waals surface area contributed by atoms with Gasteiger partial charge in [-0.05, 0) is 99.4 Å². The van der Waals surface area contributed by atoms with E-state index in [4.69, 9.17) is 13.9 Å². The van der Waals surface area contributed by atoms with E-state index in [9.17, 15) is 15.3 Å². The van der Waals surface area contributed by atoms with E-state index in [1.807, 2.05) is 24.3 Å². The minimum absolute atomic E-state index is 0.138. The van der Waals surface area contributed by atoms with Gasteiger partial charge in [-0.25, -0.2) is 0 Å². The predicted molar refractivity (Wildman–Crippen MR) is 132 cm³/mol. The van der Waals surface area contributed by atoms with Gasteiger partial charge in [-0.3, -0.25) is 9.15 Å². The fourth-order valence-electron chi connectivity index (χ4n) is 3.54. The second-order valence-corrected chi connectivity index (χ2v) is 17.9. The summed E-state index contributed by atoms with van der Waals surface area (Å²) in [5.74, 6) is 0.805. The molecular weight excluding hydrogens is 440 g/mol. The van der Waals surface area contributed by atoms with E-state index in [-0.39, 0.29) is 18.1 Å². The van der Waals surface area contributed by atoms with Gasteiger partial charge in [-0.15, -0.1) is 0 Å². The highest BCUT2D eigenvalue weighted by Gasteiger charge is 2.30. The minimum atomic E-state index is -1.95. The highest BCUT2D eigenvalue weighted by molar-refractivity contribution is 6.73. The fourth-order valence-corrected chi connectivity index (χ4v) is 7.57. The molecule has 0 radical (unpaired) electrons. The Bertz CT molecular complexity index is 798.